The summed E-state index contributed by atoms with van der Waals surface area (Å²) in [7, 11) is 0. The Bertz CT molecular complexity index is 121. The van der Waals surface area contributed by atoms with Crippen LogP contribution in [0.25, 0.3) is 0 Å². The zero-order chi connectivity index (χ0) is 11.0. The molecule has 0 amide bonds. The van der Waals surface area contributed by atoms with Crippen molar-refractivity contribution in [3.05, 3.63) is 0 Å². The zero-order valence-electron chi connectivity index (χ0n) is 11.0. The van der Waals surface area contributed by atoms with E-state index in [-0.39, 0.29) is 0 Å². The van der Waals surface area contributed by atoms with Gasteiger partial charge in [-0.1, -0.05) is 47.4 Å². The van der Waals surface area contributed by atoms with Gasteiger partial charge in [-0.05, 0) is 30.6 Å². The molecule has 0 heterocycles. The molecule has 0 aromatic carbocycles. The van der Waals surface area contributed by atoms with E-state index in [4.69, 9.17) is 2.74 Å². The first-order valence-electron chi connectivity index (χ1n) is 6.67. The van der Waals surface area contributed by atoms with E-state index in [2.05, 4.69) is 20.8 Å². The molecule has 12 heavy (non-hydrogen) atoms. The maximum atomic E-state index is 7.42. The van der Waals surface area contributed by atoms with Gasteiger partial charge in [0, 0.05) is 2.74 Å². The maximum absolute atomic E-state index is 7.42. The molecule has 3 atom stereocenters. The van der Waals surface area contributed by atoms with Crippen molar-refractivity contribution in [2.45, 2.75) is 60.3 Å². The second-order valence-corrected chi connectivity index (χ2v) is 4.13. The highest BCUT2D eigenvalue weighted by Gasteiger charge is 2.11. The van der Waals surface area contributed by atoms with Gasteiger partial charge in [-0.25, -0.2) is 0 Å². The minimum absolute atomic E-state index is 0.531. The molecule has 0 rings (SSSR count). The first-order valence-corrected chi connectivity index (χ1v) is 5.26. The fourth-order valence-corrected chi connectivity index (χ4v) is 1.64. The Morgan fingerprint density at radius 3 is 2.25 bits per heavy atom. The van der Waals surface area contributed by atoms with Crippen molar-refractivity contribution in [3.8, 4) is 0 Å². The minimum Gasteiger partial charge on any atom is -0.0651 e. The lowest BCUT2D eigenvalue weighted by Crippen LogP contribution is -2.08. The predicted molar refractivity (Wildman–Crippen MR) is 57.3 cm³/mol. The molecule has 0 N–H and O–H groups in total. The molecule has 0 aromatic rings. The predicted octanol–water partition coefficient (Wildman–Crippen LogP) is 4.49. The van der Waals surface area contributed by atoms with Crippen LogP contribution in [0.15, 0.2) is 0 Å². The fourth-order valence-electron chi connectivity index (χ4n) is 1.64. The van der Waals surface area contributed by atoms with Crippen LogP contribution in [0.4, 0.5) is 0 Å². The summed E-state index contributed by atoms with van der Waals surface area (Å²) >= 11 is 0. The highest BCUT2D eigenvalue weighted by molar-refractivity contribution is 4.63. The fraction of sp³-hybridized carbons (Fsp3) is 1.00. The molecule has 0 saturated carbocycles. The van der Waals surface area contributed by atoms with Gasteiger partial charge < -0.3 is 0 Å². The van der Waals surface area contributed by atoms with Gasteiger partial charge in [-0.2, -0.15) is 0 Å². The van der Waals surface area contributed by atoms with E-state index >= 15 is 0 Å². The molecular weight excluding hydrogens is 144 g/mol. The highest BCUT2D eigenvalue weighted by Crippen LogP contribution is 2.24. The Hall–Kier alpha value is 0. The van der Waals surface area contributed by atoms with E-state index in [0.29, 0.717) is 25.6 Å². The summed E-state index contributed by atoms with van der Waals surface area (Å²) in [4.78, 5) is 0. The van der Waals surface area contributed by atoms with Crippen molar-refractivity contribution in [1.82, 2.24) is 0 Å². The van der Waals surface area contributed by atoms with Crippen LogP contribution >= 0.6 is 0 Å². The molecule has 0 saturated heterocycles. The standard InChI is InChI=1S/C12H26/c1-6-11(5)9-12(7-2)8-10(3)4/h10-12H,6-9H2,1-5H3/i3T,5T. The largest absolute Gasteiger partial charge is 0.0651 e. The normalized spacial score (nSPS) is 20.9. The van der Waals surface area contributed by atoms with Crippen LogP contribution in [0.5, 0.6) is 0 Å². The molecule has 0 aliphatic rings. The van der Waals surface area contributed by atoms with Crippen LogP contribution in [0.2, 0.25) is 0 Å². The van der Waals surface area contributed by atoms with Crippen LogP contribution in [0.1, 0.15) is 63.0 Å². The van der Waals surface area contributed by atoms with E-state index < -0.39 is 0 Å². The summed E-state index contributed by atoms with van der Waals surface area (Å²) in [5.41, 5.74) is 0. The molecular formula is C12H26. The molecule has 0 fully saturated rings. The molecule has 3 unspecified atom stereocenters. The van der Waals surface area contributed by atoms with Crippen molar-refractivity contribution in [2.75, 3.05) is 0 Å². The van der Waals surface area contributed by atoms with E-state index in [9.17, 15) is 0 Å². The van der Waals surface area contributed by atoms with Gasteiger partial charge in [-0.15, -0.1) is 0 Å². The monoisotopic (exact) mass is 174 g/mol. The Morgan fingerprint density at radius 2 is 1.83 bits per heavy atom. The van der Waals surface area contributed by atoms with E-state index in [1.165, 1.54) is 19.3 Å². The lowest BCUT2D eigenvalue weighted by Gasteiger charge is -2.20. The topological polar surface area (TPSA) is 0 Å². The van der Waals surface area contributed by atoms with E-state index in [1.807, 2.05) is 0 Å². The molecule has 0 nitrogen and oxygen atoms in total. The lowest BCUT2D eigenvalue weighted by atomic mass is 9.86. The number of rotatable bonds is 6. The second-order valence-electron chi connectivity index (χ2n) is 4.13. The van der Waals surface area contributed by atoms with Crippen molar-refractivity contribution >= 4 is 0 Å². The average molecular weight is 174 g/mol. The van der Waals surface area contributed by atoms with Gasteiger partial charge in [0.25, 0.3) is 0 Å². The molecule has 74 valence electrons. The van der Waals surface area contributed by atoms with Crippen LogP contribution in [0, 0.1) is 17.8 Å². The third kappa shape index (κ3) is 5.62. The third-order valence-electron chi connectivity index (χ3n) is 2.56. The summed E-state index contributed by atoms with van der Waals surface area (Å²) < 4.78 is 14.7. The average Bonchev–Trinajstić information content (AvgIpc) is 2.23. The Kier molecular flexibility index (Phi) is 4.66. The minimum atomic E-state index is 0.531. The first-order chi connectivity index (χ1) is 6.67. The Labute approximate surface area is 81.6 Å². The third-order valence-corrected chi connectivity index (χ3v) is 2.56. The van der Waals surface area contributed by atoms with Crippen molar-refractivity contribution < 1.29 is 2.74 Å². The highest BCUT2D eigenvalue weighted by atomic mass is 14.2. The molecule has 0 heteroatoms. The van der Waals surface area contributed by atoms with Gasteiger partial charge in [0.1, 0.15) is 0 Å². The molecule has 0 radical (unpaired) electrons. The van der Waals surface area contributed by atoms with Gasteiger partial charge in [0.15, 0.2) is 0 Å². The number of hydrogen-bond acceptors (Lipinski definition) is 0. The van der Waals surface area contributed by atoms with E-state index in [0.717, 1.165) is 12.3 Å². The molecule has 0 aliphatic heterocycles. The summed E-state index contributed by atoms with van der Waals surface area (Å²) in [6.07, 6.45) is 4.72. The summed E-state index contributed by atoms with van der Waals surface area (Å²) in [6, 6.07) is 0. The first kappa shape index (κ1) is 8.59. The summed E-state index contributed by atoms with van der Waals surface area (Å²) in [6.45, 7) is 7.70. The van der Waals surface area contributed by atoms with Crippen molar-refractivity contribution in [1.29, 1.82) is 0 Å². The van der Waals surface area contributed by atoms with E-state index in [1.54, 1.807) is 0 Å². The molecule has 0 aliphatic carbocycles. The van der Waals surface area contributed by atoms with Gasteiger partial charge in [0.05, 0.1) is 0 Å². The van der Waals surface area contributed by atoms with Crippen LogP contribution < -0.4 is 0 Å². The maximum Gasteiger partial charge on any atom is 0.0233 e. The molecule has 0 spiro atoms. The van der Waals surface area contributed by atoms with Gasteiger partial charge >= 0.3 is 0 Å². The molecule has 0 bridgehead atoms. The smallest absolute Gasteiger partial charge is 0.0233 e. The summed E-state index contributed by atoms with van der Waals surface area (Å²) in [5.74, 6) is 1.85. The SMILES string of the molecule is [3H]CC(C)CC(CC)CC(C[3H])CC. The van der Waals surface area contributed by atoms with Crippen LogP contribution in [0.3, 0.4) is 0 Å². The summed E-state index contributed by atoms with van der Waals surface area (Å²) in [5, 5.41) is 0. The quantitative estimate of drug-likeness (QED) is 0.556. The molecule has 0 aromatic heterocycles. The second kappa shape index (κ2) is 6.51. The Morgan fingerprint density at radius 1 is 1.08 bits per heavy atom. The van der Waals surface area contributed by atoms with Crippen LogP contribution in [-0.4, -0.2) is 0 Å². The lowest BCUT2D eigenvalue weighted by molar-refractivity contribution is 0.320. The number of hydrogen-bond donors (Lipinski definition) is 0. The van der Waals surface area contributed by atoms with Crippen LogP contribution in [-0.2, 0) is 0 Å². The van der Waals surface area contributed by atoms with Gasteiger partial charge in [0.2, 0.25) is 0 Å². The van der Waals surface area contributed by atoms with Crippen molar-refractivity contribution in [2.24, 2.45) is 17.8 Å². The van der Waals surface area contributed by atoms with Crippen molar-refractivity contribution in [3.63, 3.8) is 0 Å². The zero-order valence-corrected chi connectivity index (χ0v) is 8.97. The Balaban J connectivity index is 3.88. The van der Waals surface area contributed by atoms with Gasteiger partial charge in [-0.3, -0.25) is 0 Å².